The van der Waals surface area contributed by atoms with Crippen molar-refractivity contribution in [3.05, 3.63) is 81.8 Å². The van der Waals surface area contributed by atoms with E-state index in [9.17, 15) is 9.18 Å². The van der Waals surface area contributed by atoms with Crippen molar-refractivity contribution in [1.82, 2.24) is 19.7 Å². The van der Waals surface area contributed by atoms with E-state index in [0.717, 1.165) is 29.8 Å². The highest BCUT2D eigenvalue weighted by Gasteiger charge is 2.34. The summed E-state index contributed by atoms with van der Waals surface area (Å²) < 4.78 is 20.3. The summed E-state index contributed by atoms with van der Waals surface area (Å²) in [6.07, 6.45) is 4.48. The van der Waals surface area contributed by atoms with E-state index < -0.39 is 0 Å². The van der Waals surface area contributed by atoms with Crippen LogP contribution in [0.25, 0.3) is 5.82 Å². The number of halogens is 1. The van der Waals surface area contributed by atoms with Crippen LogP contribution in [0.3, 0.4) is 0 Å². The summed E-state index contributed by atoms with van der Waals surface area (Å²) in [5, 5.41) is 4.53. The summed E-state index contributed by atoms with van der Waals surface area (Å²) in [6.45, 7) is 6.33. The van der Waals surface area contributed by atoms with Crippen molar-refractivity contribution in [2.24, 2.45) is 10.9 Å². The summed E-state index contributed by atoms with van der Waals surface area (Å²) in [5.74, 6) is 0.482. The Kier molecular flexibility index (Phi) is 5.81. The largest absolute Gasteiger partial charge is 0.462 e. The molecule has 3 aromatic rings. The molecule has 0 unspecified atom stereocenters. The van der Waals surface area contributed by atoms with Crippen LogP contribution in [0.4, 0.5) is 4.39 Å². The number of aromatic nitrogens is 4. The van der Waals surface area contributed by atoms with Gasteiger partial charge in [-0.1, -0.05) is 0 Å². The van der Waals surface area contributed by atoms with E-state index >= 15 is 0 Å². The van der Waals surface area contributed by atoms with Crippen LogP contribution in [0, 0.1) is 25.6 Å². The molecule has 2 aliphatic rings. The van der Waals surface area contributed by atoms with E-state index in [1.807, 2.05) is 13.0 Å². The zero-order chi connectivity index (χ0) is 23.8. The Bertz CT molecular complexity index is 1320. The highest BCUT2D eigenvalue weighted by molar-refractivity contribution is 6.15. The lowest BCUT2D eigenvalue weighted by Crippen LogP contribution is -2.09. The molecular weight excluding hydrogens is 433 g/mol. The van der Waals surface area contributed by atoms with Crippen molar-refractivity contribution in [3.8, 4) is 5.82 Å². The lowest BCUT2D eigenvalue weighted by molar-refractivity contribution is 0.0524. The zero-order valence-electron chi connectivity index (χ0n) is 19.5. The first kappa shape index (κ1) is 22.1. The Morgan fingerprint density at radius 1 is 1.18 bits per heavy atom. The molecule has 1 aliphatic carbocycles. The standard InChI is InChI=1S/C26H26FN5O2/c1-4-34-26(33)23-15(2)31-32(16(23)3)22-12-21(29-14-30-22)11-19-13-28-25(24(19)17-5-6-17)18-7-9-20(27)10-8-18/h7-10,12,14,17H,4-6,11,13H2,1-3H3. The second kappa shape index (κ2) is 8.93. The predicted molar refractivity (Wildman–Crippen MR) is 126 cm³/mol. The molecular formula is C26H26FN5O2. The van der Waals surface area contributed by atoms with Gasteiger partial charge in [0.1, 0.15) is 17.7 Å². The number of hydrogen-bond acceptors (Lipinski definition) is 6. The Morgan fingerprint density at radius 3 is 2.65 bits per heavy atom. The Hall–Kier alpha value is -3.68. The second-order valence-electron chi connectivity index (χ2n) is 8.69. The van der Waals surface area contributed by atoms with Crippen molar-refractivity contribution in [1.29, 1.82) is 0 Å². The van der Waals surface area contributed by atoms with Gasteiger partial charge in [-0.2, -0.15) is 5.10 Å². The first-order valence-corrected chi connectivity index (χ1v) is 11.5. The number of allylic oxidation sites excluding steroid dienone is 1. The maximum Gasteiger partial charge on any atom is 0.341 e. The lowest BCUT2D eigenvalue weighted by Gasteiger charge is -2.10. The molecule has 5 rings (SSSR count). The van der Waals surface area contributed by atoms with Gasteiger partial charge in [0, 0.05) is 18.1 Å². The van der Waals surface area contributed by atoms with Gasteiger partial charge in [-0.15, -0.1) is 0 Å². The number of carbonyl (C=O) groups excluding carboxylic acids is 1. The molecule has 0 atom stereocenters. The zero-order valence-corrected chi connectivity index (χ0v) is 19.5. The van der Waals surface area contributed by atoms with Gasteiger partial charge < -0.3 is 4.74 Å². The molecule has 1 aliphatic heterocycles. The Balaban J connectivity index is 1.44. The van der Waals surface area contributed by atoms with Gasteiger partial charge in [0.25, 0.3) is 0 Å². The molecule has 8 heteroatoms. The van der Waals surface area contributed by atoms with Crippen molar-refractivity contribution in [2.45, 2.75) is 40.0 Å². The van der Waals surface area contributed by atoms with Gasteiger partial charge in [0.15, 0.2) is 5.82 Å². The summed E-state index contributed by atoms with van der Waals surface area (Å²) in [6, 6.07) is 8.46. The van der Waals surface area contributed by atoms with Gasteiger partial charge in [0.2, 0.25) is 0 Å². The molecule has 0 bridgehead atoms. The van der Waals surface area contributed by atoms with E-state index in [1.165, 1.54) is 29.6 Å². The van der Waals surface area contributed by atoms with Crippen molar-refractivity contribution in [3.63, 3.8) is 0 Å². The molecule has 174 valence electrons. The smallest absolute Gasteiger partial charge is 0.341 e. The molecule has 2 aromatic heterocycles. The summed E-state index contributed by atoms with van der Waals surface area (Å²) >= 11 is 0. The fourth-order valence-electron chi connectivity index (χ4n) is 4.55. The molecule has 1 saturated carbocycles. The van der Waals surface area contributed by atoms with E-state index in [1.54, 1.807) is 30.7 Å². The van der Waals surface area contributed by atoms with Crippen molar-refractivity contribution < 1.29 is 13.9 Å². The van der Waals surface area contributed by atoms with E-state index in [-0.39, 0.29) is 11.8 Å². The predicted octanol–water partition coefficient (Wildman–Crippen LogP) is 4.35. The fourth-order valence-corrected chi connectivity index (χ4v) is 4.55. The van der Waals surface area contributed by atoms with Crippen molar-refractivity contribution in [2.75, 3.05) is 13.2 Å². The minimum Gasteiger partial charge on any atom is -0.462 e. The van der Waals surface area contributed by atoms with Crippen LogP contribution in [0.1, 0.15) is 52.8 Å². The number of aliphatic imine (C=N–C) groups is 1. The summed E-state index contributed by atoms with van der Waals surface area (Å²) in [4.78, 5) is 26.1. The average molecular weight is 460 g/mol. The first-order chi connectivity index (χ1) is 16.5. The number of ether oxygens (including phenoxy) is 1. The minimum atomic E-state index is -0.381. The number of carbonyl (C=O) groups is 1. The maximum atomic E-state index is 13.4. The third kappa shape index (κ3) is 4.16. The Labute approximate surface area is 197 Å². The molecule has 34 heavy (non-hydrogen) atoms. The number of hydrogen-bond donors (Lipinski definition) is 0. The van der Waals surface area contributed by atoms with Gasteiger partial charge in [-0.3, -0.25) is 4.99 Å². The monoisotopic (exact) mass is 459 g/mol. The third-order valence-electron chi connectivity index (χ3n) is 6.26. The SMILES string of the molecule is CCOC(=O)c1c(C)nn(-c2cc(CC3=C(C4CC4)C(c4ccc(F)cc4)=NC3)ncn2)c1C. The minimum absolute atomic E-state index is 0.247. The molecule has 0 radical (unpaired) electrons. The van der Waals surface area contributed by atoms with Gasteiger partial charge in [0.05, 0.1) is 35.9 Å². The number of benzene rings is 1. The molecule has 0 spiro atoms. The van der Waals surface area contributed by atoms with Crippen LogP contribution in [-0.4, -0.2) is 44.6 Å². The topological polar surface area (TPSA) is 82.3 Å². The van der Waals surface area contributed by atoms with Crippen LogP contribution in [-0.2, 0) is 11.2 Å². The molecule has 7 nitrogen and oxygen atoms in total. The van der Waals surface area contributed by atoms with Crippen LogP contribution >= 0.6 is 0 Å². The fraction of sp³-hybridized carbons (Fsp3) is 0.346. The molecule has 0 saturated heterocycles. The normalized spacial score (nSPS) is 15.6. The van der Waals surface area contributed by atoms with Gasteiger partial charge in [-0.05, 0) is 74.9 Å². The molecule has 0 amide bonds. The summed E-state index contributed by atoms with van der Waals surface area (Å²) in [5.41, 5.74) is 7.06. The quantitative estimate of drug-likeness (QED) is 0.491. The first-order valence-electron chi connectivity index (χ1n) is 11.5. The second-order valence-corrected chi connectivity index (χ2v) is 8.69. The van der Waals surface area contributed by atoms with Gasteiger partial charge in [-0.25, -0.2) is 23.8 Å². The number of aryl methyl sites for hydroxylation is 1. The number of nitrogens with zero attached hydrogens (tertiary/aromatic N) is 5. The molecule has 1 aromatic carbocycles. The van der Waals surface area contributed by atoms with Crippen LogP contribution in [0.15, 0.2) is 52.8 Å². The lowest BCUT2D eigenvalue weighted by atomic mass is 9.94. The molecule has 0 N–H and O–H groups in total. The van der Waals surface area contributed by atoms with Gasteiger partial charge >= 0.3 is 5.97 Å². The Morgan fingerprint density at radius 2 is 1.94 bits per heavy atom. The maximum absolute atomic E-state index is 13.4. The number of rotatable bonds is 7. The van der Waals surface area contributed by atoms with Crippen LogP contribution in [0.2, 0.25) is 0 Å². The van der Waals surface area contributed by atoms with E-state index in [2.05, 4.69) is 15.1 Å². The molecule has 1 fully saturated rings. The average Bonchev–Trinajstić information content (AvgIpc) is 3.50. The van der Waals surface area contributed by atoms with Crippen molar-refractivity contribution >= 4 is 11.7 Å². The molecule has 3 heterocycles. The van der Waals surface area contributed by atoms with Crippen LogP contribution < -0.4 is 0 Å². The highest BCUT2D eigenvalue weighted by atomic mass is 19.1. The summed E-state index contributed by atoms with van der Waals surface area (Å²) in [7, 11) is 0. The highest BCUT2D eigenvalue weighted by Crippen LogP contribution is 2.42. The van der Waals surface area contributed by atoms with Crippen LogP contribution in [0.5, 0.6) is 0 Å². The van der Waals surface area contributed by atoms with E-state index in [0.29, 0.717) is 48.3 Å². The van der Waals surface area contributed by atoms with E-state index in [4.69, 9.17) is 9.73 Å². The number of esters is 1. The third-order valence-corrected chi connectivity index (χ3v) is 6.26.